The molecule has 2 aromatic carbocycles. The molecule has 1 aromatic heterocycles. The van der Waals surface area contributed by atoms with Crippen molar-refractivity contribution in [3.05, 3.63) is 87.5 Å². The molecular weight excluding hydrogens is 391 g/mol. The van der Waals surface area contributed by atoms with Gasteiger partial charge in [-0.3, -0.25) is 4.79 Å². The minimum Gasteiger partial charge on any atom is -0.445 e. The van der Waals surface area contributed by atoms with Crippen molar-refractivity contribution in [3.8, 4) is 0 Å². The third-order valence-corrected chi connectivity index (χ3v) is 5.93. The second-order valence-electron chi connectivity index (χ2n) is 6.79. The van der Waals surface area contributed by atoms with Crippen LogP contribution in [0.4, 0.5) is 14.2 Å². The molecule has 2 N–H and O–H groups in total. The number of hydrogen-bond acceptors (Lipinski definition) is 5. The Balaban J connectivity index is 1.48. The monoisotopic (exact) mass is 410 g/mol. The summed E-state index contributed by atoms with van der Waals surface area (Å²) in [6, 6.07) is 14.9. The van der Waals surface area contributed by atoms with Crippen LogP contribution in [0.15, 0.2) is 54.6 Å². The topological polar surface area (TPSA) is 72.6 Å². The molecule has 0 saturated heterocycles. The number of hydrogen-bond donors (Lipinski definition) is 1. The second-order valence-corrected chi connectivity index (χ2v) is 7.93. The molecule has 0 saturated carbocycles. The first-order valence-corrected chi connectivity index (χ1v) is 10.0. The summed E-state index contributed by atoms with van der Waals surface area (Å²) in [5.74, 6) is -0.619. The van der Waals surface area contributed by atoms with Crippen molar-refractivity contribution < 1.29 is 18.7 Å². The van der Waals surface area contributed by atoms with Crippen molar-refractivity contribution in [1.82, 2.24) is 4.90 Å². The van der Waals surface area contributed by atoms with Gasteiger partial charge >= 0.3 is 6.09 Å². The standard InChI is InChI=1S/C22H19FN2O3S/c23-16-8-6-15(7-9-16)20(26)19-17-10-11-25(12-18(17)29-21(19)24)22(27)28-13-14-4-2-1-3-5-14/h1-9H,10-13,24H2. The molecule has 0 radical (unpaired) electrons. The maximum absolute atomic E-state index is 13.2. The number of nitrogen functional groups attached to an aromatic ring is 1. The molecule has 4 rings (SSSR count). The first-order chi connectivity index (χ1) is 14.0. The van der Waals surface area contributed by atoms with Gasteiger partial charge in [0.2, 0.25) is 0 Å². The summed E-state index contributed by atoms with van der Waals surface area (Å²) in [5.41, 5.74) is 8.78. The number of carbonyl (C=O) groups is 2. The van der Waals surface area contributed by atoms with Crippen LogP contribution >= 0.6 is 11.3 Å². The van der Waals surface area contributed by atoms with E-state index in [0.717, 1.165) is 16.0 Å². The maximum Gasteiger partial charge on any atom is 0.410 e. The van der Waals surface area contributed by atoms with Crippen molar-refractivity contribution in [3.63, 3.8) is 0 Å². The van der Waals surface area contributed by atoms with Gasteiger partial charge in [-0.1, -0.05) is 30.3 Å². The summed E-state index contributed by atoms with van der Waals surface area (Å²) in [6.07, 6.45) is 0.129. The number of ether oxygens (including phenoxy) is 1. The molecule has 0 fully saturated rings. The molecular formula is C22H19FN2O3S. The quantitative estimate of drug-likeness (QED) is 0.647. The van der Waals surface area contributed by atoms with E-state index >= 15 is 0 Å². The van der Waals surface area contributed by atoms with Crippen LogP contribution in [-0.2, 0) is 24.3 Å². The minimum absolute atomic E-state index is 0.212. The van der Waals surface area contributed by atoms with E-state index in [4.69, 9.17) is 10.5 Å². The van der Waals surface area contributed by atoms with Crippen LogP contribution in [0.1, 0.15) is 31.9 Å². The Morgan fingerprint density at radius 1 is 1.10 bits per heavy atom. The van der Waals surface area contributed by atoms with Crippen molar-refractivity contribution in [2.24, 2.45) is 0 Å². The van der Waals surface area contributed by atoms with Crippen LogP contribution in [-0.4, -0.2) is 23.3 Å². The summed E-state index contributed by atoms with van der Waals surface area (Å²) in [4.78, 5) is 27.8. The molecule has 0 spiro atoms. The van der Waals surface area contributed by atoms with E-state index in [1.165, 1.54) is 35.6 Å². The van der Waals surface area contributed by atoms with Gasteiger partial charge in [-0.15, -0.1) is 11.3 Å². The number of anilines is 1. The van der Waals surface area contributed by atoms with Gasteiger partial charge in [0.1, 0.15) is 12.4 Å². The Bertz CT molecular complexity index is 1050. The number of thiophene rings is 1. The molecule has 0 atom stereocenters. The van der Waals surface area contributed by atoms with E-state index in [2.05, 4.69) is 0 Å². The van der Waals surface area contributed by atoms with Gasteiger partial charge in [0.05, 0.1) is 17.1 Å². The van der Waals surface area contributed by atoms with Gasteiger partial charge in [-0.2, -0.15) is 0 Å². The van der Waals surface area contributed by atoms with Gasteiger partial charge in [0, 0.05) is 17.0 Å². The normalized spacial score (nSPS) is 13.1. The number of rotatable bonds is 4. The smallest absolute Gasteiger partial charge is 0.410 e. The number of nitrogens with zero attached hydrogens (tertiary/aromatic N) is 1. The highest BCUT2D eigenvalue weighted by molar-refractivity contribution is 7.16. The molecule has 1 aliphatic rings. The molecule has 3 aromatic rings. The van der Waals surface area contributed by atoms with Crippen molar-refractivity contribution >= 4 is 28.2 Å². The summed E-state index contributed by atoms with van der Waals surface area (Å²) in [6.45, 7) is 1.01. The SMILES string of the molecule is Nc1sc2c(c1C(=O)c1ccc(F)cc1)CCN(C(=O)OCc1ccccc1)C2. The Hall–Kier alpha value is -3.19. The number of amides is 1. The Kier molecular flexibility index (Phi) is 5.31. The molecule has 7 heteroatoms. The highest BCUT2D eigenvalue weighted by Gasteiger charge is 2.29. The van der Waals surface area contributed by atoms with E-state index in [1.807, 2.05) is 30.3 Å². The molecule has 1 amide bonds. The van der Waals surface area contributed by atoms with E-state index in [9.17, 15) is 14.0 Å². The fourth-order valence-electron chi connectivity index (χ4n) is 3.39. The van der Waals surface area contributed by atoms with Crippen LogP contribution < -0.4 is 5.73 Å². The van der Waals surface area contributed by atoms with Crippen molar-refractivity contribution in [1.29, 1.82) is 0 Å². The predicted octanol–water partition coefficient (Wildman–Crippen LogP) is 4.40. The lowest BCUT2D eigenvalue weighted by atomic mass is 9.96. The maximum atomic E-state index is 13.2. The number of ketones is 1. The number of fused-ring (bicyclic) bond motifs is 1. The molecule has 5 nitrogen and oxygen atoms in total. The number of halogens is 1. The van der Waals surface area contributed by atoms with Crippen LogP contribution in [0.5, 0.6) is 0 Å². The summed E-state index contributed by atoms with van der Waals surface area (Å²) < 4.78 is 18.6. The molecule has 0 aliphatic carbocycles. The zero-order valence-electron chi connectivity index (χ0n) is 15.6. The third kappa shape index (κ3) is 4.00. The van der Waals surface area contributed by atoms with E-state index < -0.39 is 11.9 Å². The largest absolute Gasteiger partial charge is 0.445 e. The second kappa shape index (κ2) is 8.05. The molecule has 1 aliphatic heterocycles. The lowest BCUT2D eigenvalue weighted by molar-refractivity contribution is 0.0923. The summed E-state index contributed by atoms with van der Waals surface area (Å²) in [5, 5.41) is 0.420. The summed E-state index contributed by atoms with van der Waals surface area (Å²) in [7, 11) is 0. The number of nitrogens with two attached hydrogens (primary N) is 1. The average Bonchev–Trinajstić information content (AvgIpc) is 3.07. The highest BCUT2D eigenvalue weighted by atomic mass is 32.1. The average molecular weight is 410 g/mol. The Morgan fingerprint density at radius 3 is 2.55 bits per heavy atom. The highest BCUT2D eigenvalue weighted by Crippen LogP contribution is 2.36. The third-order valence-electron chi connectivity index (χ3n) is 4.88. The van der Waals surface area contributed by atoms with Gasteiger partial charge in [-0.05, 0) is 41.8 Å². The van der Waals surface area contributed by atoms with Crippen LogP contribution in [0, 0.1) is 5.82 Å². The zero-order valence-corrected chi connectivity index (χ0v) is 16.4. The molecule has 29 heavy (non-hydrogen) atoms. The molecule has 148 valence electrons. The van der Waals surface area contributed by atoms with Gasteiger partial charge < -0.3 is 15.4 Å². The predicted molar refractivity (Wildman–Crippen MR) is 109 cm³/mol. The first kappa shape index (κ1) is 19.1. The molecule has 0 unspecified atom stereocenters. The Labute approximate surface area is 171 Å². The van der Waals surface area contributed by atoms with Gasteiger partial charge in [0.15, 0.2) is 5.78 Å². The van der Waals surface area contributed by atoms with Crippen LogP contribution in [0.2, 0.25) is 0 Å². The van der Waals surface area contributed by atoms with E-state index in [1.54, 1.807) is 4.90 Å². The molecule has 0 bridgehead atoms. The zero-order chi connectivity index (χ0) is 20.4. The first-order valence-electron chi connectivity index (χ1n) is 9.19. The van der Waals surface area contributed by atoms with E-state index in [0.29, 0.717) is 35.6 Å². The number of carbonyl (C=O) groups excluding carboxylic acids is 2. The van der Waals surface area contributed by atoms with Crippen LogP contribution in [0.25, 0.3) is 0 Å². The molecule has 2 heterocycles. The number of benzene rings is 2. The fraction of sp³-hybridized carbons (Fsp3) is 0.182. The fourth-order valence-corrected chi connectivity index (χ4v) is 4.52. The Morgan fingerprint density at radius 2 is 1.83 bits per heavy atom. The van der Waals surface area contributed by atoms with Gasteiger partial charge in [-0.25, -0.2) is 9.18 Å². The van der Waals surface area contributed by atoms with Crippen molar-refractivity contribution in [2.75, 3.05) is 12.3 Å². The minimum atomic E-state index is -0.397. The lowest BCUT2D eigenvalue weighted by Gasteiger charge is -2.26. The van der Waals surface area contributed by atoms with E-state index in [-0.39, 0.29) is 12.4 Å². The lowest BCUT2D eigenvalue weighted by Crippen LogP contribution is -2.36. The van der Waals surface area contributed by atoms with Gasteiger partial charge in [0.25, 0.3) is 0 Å². The summed E-state index contributed by atoms with van der Waals surface area (Å²) >= 11 is 1.31. The van der Waals surface area contributed by atoms with Crippen molar-refractivity contribution in [2.45, 2.75) is 19.6 Å². The van der Waals surface area contributed by atoms with Crippen LogP contribution in [0.3, 0.4) is 0 Å².